The van der Waals surface area contributed by atoms with Crippen molar-refractivity contribution >= 4 is 23.4 Å². The average molecular weight is 663 g/mol. The summed E-state index contributed by atoms with van der Waals surface area (Å²) in [5.74, 6) is 2.20. The van der Waals surface area contributed by atoms with Gasteiger partial charge in [0.2, 0.25) is 5.95 Å². The molecule has 1 fully saturated rings. The van der Waals surface area contributed by atoms with Crippen molar-refractivity contribution in [3.8, 4) is 11.4 Å². The van der Waals surface area contributed by atoms with Crippen LogP contribution in [0, 0.1) is 0 Å². The fourth-order valence-electron chi connectivity index (χ4n) is 7.02. The van der Waals surface area contributed by atoms with Gasteiger partial charge in [-0.05, 0) is 86.4 Å². The molecule has 3 atom stereocenters. The third-order valence-electron chi connectivity index (χ3n) is 9.71. The van der Waals surface area contributed by atoms with Gasteiger partial charge in [0.25, 0.3) is 0 Å². The van der Waals surface area contributed by atoms with E-state index in [2.05, 4.69) is 65.6 Å². The number of amides is 2. The van der Waals surface area contributed by atoms with Crippen molar-refractivity contribution < 1.29 is 14.6 Å². The van der Waals surface area contributed by atoms with E-state index in [-0.39, 0.29) is 30.2 Å². The number of pyridine rings is 1. The molecule has 3 aromatic heterocycles. The van der Waals surface area contributed by atoms with E-state index >= 15 is 0 Å². The number of hydrogen-bond acceptors (Lipinski definition) is 7. The predicted octanol–water partition coefficient (Wildman–Crippen LogP) is 6.90. The van der Waals surface area contributed by atoms with Gasteiger partial charge >= 0.3 is 6.03 Å². The molecule has 3 N–H and O–H groups in total. The normalized spacial score (nSPS) is 19.4. The van der Waals surface area contributed by atoms with E-state index < -0.39 is 0 Å². The Bertz CT molecular complexity index is 1940. The number of piperidine rings is 1. The predicted molar refractivity (Wildman–Crippen MR) is 191 cm³/mol. The Morgan fingerprint density at radius 1 is 0.980 bits per heavy atom. The van der Waals surface area contributed by atoms with Gasteiger partial charge in [-0.1, -0.05) is 57.2 Å². The maximum absolute atomic E-state index is 13.6. The number of ether oxygens (including phenoxy) is 1. The van der Waals surface area contributed by atoms with E-state index in [9.17, 15) is 9.90 Å². The summed E-state index contributed by atoms with van der Waals surface area (Å²) in [6, 6.07) is 21.8. The molecule has 0 saturated carbocycles. The van der Waals surface area contributed by atoms with Gasteiger partial charge in [0.15, 0.2) is 5.65 Å². The largest absolute Gasteiger partial charge is 0.484 e. The lowest BCUT2D eigenvalue weighted by molar-refractivity contribution is 0.171. The molecule has 0 unspecified atom stereocenters. The zero-order valence-corrected chi connectivity index (χ0v) is 28.8. The number of fused-ring (bicyclic) bond motifs is 2. The molecule has 0 bridgehead atoms. The van der Waals surface area contributed by atoms with Gasteiger partial charge in [0.1, 0.15) is 17.7 Å². The van der Waals surface area contributed by atoms with Crippen LogP contribution in [0.3, 0.4) is 0 Å². The molecule has 4 heterocycles. The first-order chi connectivity index (χ1) is 23.7. The number of urea groups is 1. The quantitative estimate of drug-likeness (QED) is 0.165. The number of aliphatic hydroxyl groups is 1. The minimum atomic E-state index is -0.301. The van der Waals surface area contributed by atoms with Crippen molar-refractivity contribution in [1.82, 2.24) is 29.7 Å². The summed E-state index contributed by atoms with van der Waals surface area (Å²) in [5, 5.41) is 29.6. The molecule has 1 saturated heterocycles. The smallest absolute Gasteiger partial charge is 0.320 e. The second kappa shape index (κ2) is 13.5. The summed E-state index contributed by atoms with van der Waals surface area (Å²) >= 11 is 0. The molecule has 11 heteroatoms. The van der Waals surface area contributed by atoms with Crippen LogP contribution in [0.5, 0.6) is 5.75 Å². The van der Waals surface area contributed by atoms with Gasteiger partial charge in [-0.3, -0.25) is 9.72 Å². The highest BCUT2D eigenvalue weighted by Crippen LogP contribution is 2.39. The number of nitrogens with one attached hydrogen (secondary N) is 2. The molecule has 0 spiro atoms. The molecule has 0 radical (unpaired) electrons. The number of nitrogens with zero attached hydrogens (tertiary/aromatic N) is 6. The lowest BCUT2D eigenvalue weighted by Crippen LogP contribution is -2.38. The second-order valence-corrected chi connectivity index (χ2v) is 14.3. The third kappa shape index (κ3) is 6.85. The van der Waals surface area contributed by atoms with Crippen LogP contribution in [0.25, 0.3) is 11.3 Å². The number of aromatic nitrogens is 5. The Balaban J connectivity index is 1.09. The molecule has 256 valence electrons. The summed E-state index contributed by atoms with van der Waals surface area (Å²) in [7, 11) is 0. The van der Waals surface area contributed by atoms with Crippen molar-refractivity contribution in [2.75, 3.05) is 23.4 Å². The Morgan fingerprint density at radius 2 is 1.82 bits per heavy atom. The molecule has 2 aliphatic rings. The van der Waals surface area contributed by atoms with E-state index in [0.717, 1.165) is 77.6 Å². The van der Waals surface area contributed by atoms with Crippen molar-refractivity contribution in [1.29, 1.82) is 0 Å². The highest BCUT2D eigenvalue weighted by Gasteiger charge is 2.31. The second-order valence-electron chi connectivity index (χ2n) is 14.3. The first kappa shape index (κ1) is 32.6. The van der Waals surface area contributed by atoms with Gasteiger partial charge in [0.05, 0.1) is 23.6 Å². The number of carbonyl (C=O) groups is 1. The van der Waals surface area contributed by atoms with Crippen LogP contribution >= 0.6 is 0 Å². The Labute approximate surface area is 287 Å². The molecular formula is C38H46N8O3. The van der Waals surface area contributed by atoms with Crippen molar-refractivity contribution in [2.24, 2.45) is 0 Å². The number of hydrogen-bond donors (Lipinski definition) is 3. The first-order valence-electron chi connectivity index (χ1n) is 17.4. The van der Waals surface area contributed by atoms with E-state index in [0.29, 0.717) is 18.3 Å². The standard InChI is InChI=1S/C38H46N8O3/c1-25-10-7-8-20-44(25)37-42-41-34-18-15-28(24-45(34)37)49-32-17-16-31(29-13-5-6-14-30(29)32)39-36(48)40-35-23-33(38(2,3)4)43-46(35)27-12-9-11-26(22-27)19-21-47/h5-6,9,11-15,18,22-25,31-32,47H,7-8,10,16-17,19-21H2,1-4H3,(H2,39,40,48)/t25-,31-,32+/m0/s1. The molecule has 7 rings (SSSR count). The van der Waals surface area contributed by atoms with Crippen molar-refractivity contribution in [2.45, 2.75) is 89.8 Å². The maximum Gasteiger partial charge on any atom is 0.320 e. The molecular weight excluding hydrogens is 616 g/mol. The molecule has 2 aromatic carbocycles. The van der Waals surface area contributed by atoms with Crippen LogP contribution in [-0.4, -0.2) is 54.7 Å². The van der Waals surface area contributed by atoms with Crippen LogP contribution in [0.2, 0.25) is 0 Å². The molecule has 5 aromatic rings. The van der Waals surface area contributed by atoms with Gasteiger partial charge < -0.3 is 20.1 Å². The van der Waals surface area contributed by atoms with Crippen LogP contribution in [-0.2, 0) is 11.8 Å². The Morgan fingerprint density at radius 3 is 2.61 bits per heavy atom. The van der Waals surface area contributed by atoms with E-state index in [1.807, 2.05) is 65.2 Å². The van der Waals surface area contributed by atoms with E-state index in [1.54, 1.807) is 4.68 Å². The Hall–Kier alpha value is -4.90. The topological polar surface area (TPSA) is 122 Å². The summed E-state index contributed by atoms with van der Waals surface area (Å²) in [6.07, 6.45) is 7.39. The van der Waals surface area contributed by atoms with Crippen LogP contribution in [0.1, 0.15) is 94.3 Å². The first-order valence-corrected chi connectivity index (χ1v) is 17.4. The molecule has 1 aliphatic carbocycles. The molecule has 49 heavy (non-hydrogen) atoms. The van der Waals surface area contributed by atoms with E-state index in [1.165, 1.54) is 6.42 Å². The number of aliphatic hydroxyl groups excluding tert-OH is 1. The third-order valence-corrected chi connectivity index (χ3v) is 9.71. The monoisotopic (exact) mass is 662 g/mol. The summed E-state index contributed by atoms with van der Waals surface area (Å²) in [5.41, 5.74) is 5.37. The van der Waals surface area contributed by atoms with Crippen LogP contribution in [0.4, 0.5) is 16.6 Å². The fraction of sp³-hybridized carbons (Fsp3) is 0.421. The molecule has 2 amide bonds. The minimum Gasteiger partial charge on any atom is -0.484 e. The molecule has 1 aliphatic heterocycles. The van der Waals surface area contributed by atoms with Crippen LogP contribution in [0.15, 0.2) is 72.9 Å². The lowest BCUT2D eigenvalue weighted by atomic mass is 9.85. The van der Waals surface area contributed by atoms with E-state index in [4.69, 9.17) is 9.84 Å². The summed E-state index contributed by atoms with van der Waals surface area (Å²) in [6.45, 7) is 9.59. The SMILES string of the molecule is C[C@H]1CCCCN1c1nnc2ccc(O[C@@H]3CC[C@H](NC(=O)Nc4cc(C(C)(C)C)nn4-c4cccc(CCO)c4)c4ccccc43)cn12. The van der Waals surface area contributed by atoms with Crippen LogP contribution < -0.4 is 20.3 Å². The lowest BCUT2D eigenvalue weighted by Gasteiger charge is -2.33. The average Bonchev–Trinajstić information content (AvgIpc) is 3.71. The maximum atomic E-state index is 13.6. The molecule has 11 nitrogen and oxygen atoms in total. The van der Waals surface area contributed by atoms with Crippen molar-refractivity contribution in [3.05, 3.63) is 95.3 Å². The number of rotatable bonds is 8. The van der Waals surface area contributed by atoms with Gasteiger partial charge in [-0.15, -0.1) is 10.2 Å². The number of anilines is 2. The summed E-state index contributed by atoms with van der Waals surface area (Å²) < 4.78 is 10.5. The minimum absolute atomic E-state index is 0.0639. The van der Waals surface area contributed by atoms with Gasteiger partial charge in [-0.25, -0.2) is 9.48 Å². The van der Waals surface area contributed by atoms with Crippen molar-refractivity contribution in [3.63, 3.8) is 0 Å². The fourth-order valence-corrected chi connectivity index (χ4v) is 7.02. The number of carbonyl (C=O) groups excluding carboxylic acids is 1. The summed E-state index contributed by atoms with van der Waals surface area (Å²) in [4.78, 5) is 16.0. The van der Waals surface area contributed by atoms with Gasteiger partial charge in [-0.2, -0.15) is 5.10 Å². The highest BCUT2D eigenvalue weighted by molar-refractivity contribution is 5.89. The number of benzene rings is 2. The Kier molecular flexibility index (Phi) is 9.02. The highest BCUT2D eigenvalue weighted by atomic mass is 16.5. The van der Waals surface area contributed by atoms with Gasteiger partial charge in [0, 0.05) is 30.7 Å². The zero-order chi connectivity index (χ0) is 34.1. The zero-order valence-electron chi connectivity index (χ0n) is 28.8.